The van der Waals surface area contributed by atoms with E-state index in [0.717, 1.165) is 38.5 Å². The fraction of sp³-hybridized carbons (Fsp3) is 0.438. The van der Waals surface area contributed by atoms with Crippen LogP contribution in [-0.2, 0) is 16.0 Å². The average molecular weight is 289 g/mol. The number of aromatic nitrogens is 2. The summed E-state index contributed by atoms with van der Waals surface area (Å²) in [5.74, 6) is 0. The molecule has 5 heteroatoms. The second kappa shape index (κ2) is 8.56. The van der Waals surface area contributed by atoms with Crippen LogP contribution in [0.25, 0.3) is 5.69 Å². The third-order valence-electron chi connectivity index (χ3n) is 3.33. The molecular formula is C16H23N3O2. The van der Waals surface area contributed by atoms with E-state index >= 15 is 0 Å². The van der Waals surface area contributed by atoms with Gasteiger partial charge in [0.05, 0.1) is 18.9 Å². The molecule has 0 bridgehead atoms. The predicted octanol–water partition coefficient (Wildman–Crippen LogP) is 1.97. The van der Waals surface area contributed by atoms with E-state index in [4.69, 9.17) is 9.47 Å². The maximum atomic E-state index is 5.16. The molecule has 0 aliphatic heterocycles. The summed E-state index contributed by atoms with van der Waals surface area (Å²) in [4.78, 5) is 2.33. The minimum Gasteiger partial charge on any atom is -0.383 e. The van der Waals surface area contributed by atoms with Crippen molar-refractivity contribution in [3.05, 3.63) is 48.3 Å². The molecule has 0 spiro atoms. The molecule has 5 nitrogen and oxygen atoms in total. The molecule has 0 radical (unpaired) electrons. The molecule has 0 fully saturated rings. The average Bonchev–Trinajstić information content (AvgIpc) is 3.05. The minimum absolute atomic E-state index is 0.731. The van der Waals surface area contributed by atoms with E-state index in [-0.39, 0.29) is 0 Å². The molecule has 1 aromatic heterocycles. The summed E-state index contributed by atoms with van der Waals surface area (Å²) in [5.41, 5.74) is 2.35. The summed E-state index contributed by atoms with van der Waals surface area (Å²) in [5, 5.41) is 4.23. The van der Waals surface area contributed by atoms with E-state index in [1.54, 1.807) is 20.4 Å². The number of nitrogens with zero attached hydrogens (tertiary/aromatic N) is 3. The second-order valence-corrected chi connectivity index (χ2v) is 4.88. The SMILES string of the molecule is COCCN(CCOC)Cc1ccc(-n2cccn2)cc1. The standard InChI is InChI=1S/C16H23N3O2/c1-20-12-10-18(11-13-21-2)14-15-4-6-16(7-5-15)19-9-3-8-17-19/h3-9H,10-14H2,1-2H3. The highest BCUT2D eigenvalue weighted by atomic mass is 16.5. The molecule has 2 rings (SSSR count). The first-order chi connectivity index (χ1) is 10.3. The van der Waals surface area contributed by atoms with Gasteiger partial charge >= 0.3 is 0 Å². The van der Waals surface area contributed by atoms with Gasteiger partial charge in [0.1, 0.15) is 0 Å². The number of ether oxygens (including phenoxy) is 2. The van der Waals surface area contributed by atoms with Crippen LogP contribution < -0.4 is 0 Å². The third kappa shape index (κ3) is 4.97. The largest absolute Gasteiger partial charge is 0.383 e. The molecule has 1 aromatic carbocycles. The van der Waals surface area contributed by atoms with Gasteiger partial charge in [-0.25, -0.2) is 4.68 Å². The van der Waals surface area contributed by atoms with E-state index in [2.05, 4.69) is 34.3 Å². The summed E-state index contributed by atoms with van der Waals surface area (Å²) >= 11 is 0. The number of hydrogen-bond acceptors (Lipinski definition) is 4. The van der Waals surface area contributed by atoms with E-state index < -0.39 is 0 Å². The lowest BCUT2D eigenvalue weighted by atomic mass is 10.2. The van der Waals surface area contributed by atoms with E-state index in [1.807, 2.05) is 16.9 Å². The number of methoxy groups -OCH3 is 2. The van der Waals surface area contributed by atoms with Crippen molar-refractivity contribution in [2.75, 3.05) is 40.5 Å². The van der Waals surface area contributed by atoms with Crippen LogP contribution in [0.5, 0.6) is 0 Å². The van der Waals surface area contributed by atoms with Crippen molar-refractivity contribution in [2.24, 2.45) is 0 Å². The summed E-state index contributed by atoms with van der Waals surface area (Å²) in [7, 11) is 3.46. The number of hydrogen-bond donors (Lipinski definition) is 0. The van der Waals surface area contributed by atoms with Crippen LogP contribution in [0.3, 0.4) is 0 Å². The van der Waals surface area contributed by atoms with Crippen LogP contribution in [0, 0.1) is 0 Å². The van der Waals surface area contributed by atoms with Gasteiger partial charge in [-0.15, -0.1) is 0 Å². The van der Waals surface area contributed by atoms with Gasteiger partial charge in [0.2, 0.25) is 0 Å². The highest BCUT2D eigenvalue weighted by molar-refractivity contribution is 5.33. The highest BCUT2D eigenvalue weighted by Gasteiger charge is 2.06. The Labute approximate surface area is 126 Å². The maximum Gasteiger partial charge on any atom is 0.0645 e. The van der Waals surface area contributed by atoms with Crippen molar-refractivity contribution >= 4 is 0 Å². The topological polar surface area (TPSA) is 39.5 Å². The van der Waals surface area contributed by atoms with E-state index in [0.29, 0.717) is 0 Å². The van der Waals surface area contributed by atoms with Gasteiger partial charge in [0.15, 0.2) is 0 Å². The van der Waals surface area contributed by atoms with Crippen LogP contribution in [0.15, 0.2) is 42.7 Å². The Morgan fingerprint density at radius 1 is 1.05 bits per heavy atom. The summed E-state index contributed by atoms with van der Waals surface area (Å²) in [6.45, 7) is 4.16. The Morgan fingerprint density at radius 2 is 1.71 bits per heavy atom. The zero-order valence-corrected chi connectivity index (χ0v) is 12.7. The molecule has 2 aromatic rings. The van der Waals surface area contributed by atoms with Gasteiger partial charge in [-0.3, -0.25) is 4.90 Å². The summed E-state index contributed by atoms with van der Waals surface area (Å²) in [6.07, 6.45) is 3.73. The lowest BCUT2D eigenvalue weighted by Crippen LogP contribution is -2.30. The lowest BCUT2D eigenvalue weighted by molar-refractivity contribution is 0.110. The Hall–Kier alpha value is -1.69. The smallest absolute Gasteiger partial charge is 0.0645 e. The molecule has 0 saturated carbocycles. The third-order valence-corrected chi connectivity index (χ3v) is 3.33. The normalized spacial score (nSPS) is 11.2. The molecule has 0 unspecified atom stereocenters. The summed E-state index contributed by atoms with van der Waals surface area (Å²) in [6, 6.07) is 10.4. The highest BCUT2D eigenvalue weighted by Crippen LogP contribution is 2.10. The Bertz CT molecular complexity index is 489. The first-order valence-electron chi connectivity index (χ1n) is 7.12. The molecule has 0 aliphatic rings. The monoisotopic (exact) mass is 289 g/mol. The fourth-order valence-corrected chi connectivity index (χ4v) is 2.14. The second-order valence-electron chi connectivity index (χ2n) is 4.88. The minimum atomic E-state index is 0.731. The molecule has 0 saturated heterocycles. The first-order valence-corrected chi connectivity index (χ1v) is 7.12. The van der Waals surface area contributed by atoms with Crippen LogP contribution >= 0.6 is 0 Å². The Balaban J connectivity index is 1.96. The molecule has 1 heterocycles. The first kappa shape index (κ1) is 15.7. The van der Waals surface area contributed by atoms with Gasteiger partial charge in [0, 0.05) is 46.2 Å². The molecule has 114 valence electrons. The number of rotatable bonds is 9. The van der Waals surface area contributed by atoms with E-state index in [9.17, 15) is 0 Å². The molecule has 0 N–H and O–H groups in total. The van der Waals surface area contributed by atoms with E-state index in [1.165, 1.54) is 5.56 Å². The van der Waals surface area contributed by atoms with Gasteiger partial charge in [-0.2, -0.15) is 5.10 Å². The van der Waals surface area contributed by atoms with Gasteiger partial charge < -0.3 is 9.47 Å². The fourth-order valence-electron chi connectivity index (χ4n) is 2.14. The lowest BCUT2D eigenvalue weighted by Gasteiger charge is -2.21. The quantitative estimate of drug-likeness (QED) is 0.707. The Kier molecular flexibility index (Phi) is 6.40. The molecule has 0 aliphatic carbocycles. The van der Waals surface area contributed by atoms with Crippen molar-refractivity contribution in [3.63, 3.8) is 0 Å². The van der Waals surface area contributed by atoms with Crippen molar-refractivity contribution in [1.82, 2.24) is 14.7 Å². The molecule has 0 amide bonds. The predicted molar refractivity (Wildman–Crippen MR) is 82.6 cm³/mol. The van der Waals surface area contributed by atoms with Crippen molar-refractivity contribution in [2.45, 2.75) is 6.54 Å². The van der Waals surface area contributed by atoms with Gasteiger partial charge in [-0.05, 0) is 23.8 Å². The van der Waals surface area contributed by atoms with Crippen molar-refractivity contribution in [3.8, 4) is 5.69 Å². The zero-order chi connectivity index (χ0) is 14.9. The van der Waals surface area contributed by atoms with Crippen molar-refractivity contribution < 1.29 is 9.47 Å². The summed E-state index contributed by atoms with van der Waals surface area (Å²) < 4.78 is 12.2. The number of benzene rings is 1. The van der Waals surface area contributed by atoms with Crippen LogP contribution in [0.1, 0.15) is 5.56 Å². The Morgan fingerprint density at radius 3 is 2.24 bits per heavy atom. The molecular weight excluding hydrogens is 266 g/mol. The van der Waals surface area contributed by atoms with Crippen LogP contribution in [0.4, 0.5) is 0 Å². The molecule has 21 heavy (non-hydrogen) atoms. The van der Waals surface area contributed by atoms with Crippen LogP contribution in [-0.4, -0.2) is 55.2 Å². The van der Waals surface area contributed by atoms with Crippen LogP contribution in [0.2, 0.25) is 0 Å². The molecule has 0 atom stereocenters. The maximum absolute atomic E-state index is 5.16. The van der Waals surface area contributed by atoms with Gasteiger partial charge in [-0.1, -0.05) is 12.1 Å². The zero-order valence-electron chi connectivity index (χ0n) is 12.7. The van der Waals surface area contributed by atoms with Crippen molar-refractivity contribution in [1.29, 1.82) is 0 Å². The van der Waals surface area contributed by atoms with Gasteiger partial charge in [0.25, 0.3) is 0 Å².